The number of furan rings is 1. The van der Waals surface area contributed by atoms with Crippen LogP contribution in [0.5, 0.6) is 0 Å². The highest BCUT2D eigenvalue weighted by Crippen LogP contribution is 2.23. The summed E-state index contributed by atoms with van der Waals surface area (Å²) >= 11 is 0. The van der Waals surface area contributed by atoms with Gasteiger partial charge >= 0.3 is 0 Å². The highest BCUT2D eigenvalue weighted by Gasteiger charge is 2.16. The van der Waals surface area contributed by atoms with E-state index in [0.717, 1.165) is 23.0 Å². The number of amides is 2. The third-order valence-electron chi connectivity index (χ3n) is 4.99. The lowest BCUT2D eigenvalue weighted by Crippen LogP contribution is -2.34. The molecule has 0 saturated carbocycles. The van der Waals surface area contributed by atoms with E-state index in [0.29, 0.717) is 11.3 Å². The molecule has 2 aromatic carbocycles. The molecule has 0 unspecified atom stereocenters. The zero-order chi connectivity index (χ0) is 21.6. The number of hydrogen-bond donors (Lipinski definition) is 2. The molecule has 2 N–H and O–H groups in total. The summed E-state index contributed by atoms with van der Waals surface area (Å²) in [7, 11) is 0. The fourth-order valence-electron chi connectivity index (χ4n) is 3.43. The van der Waals surface area contributed by atoms with E-state index in [1.807, 2.05) is 36.5 Å². The highest BCUT2D eigenvalue weighted by atomic mass is 16.3. The van der Waals surface area contributed by atoms with Crippen LogP contribution in [0.25, 0.3) is 17.0 Å². The zero-order valence-electron chi connectivity index (χ0n) is 17.2. The van der Waals surface area contributed by atoms with Crippen molar-refractivity contribution in [3.63, 3.8) is 0 Å². The van der Waals surface area contributed by atoms with Crippen LogP contribution in [0.1, 0.15) is 28.6 Å². The summed E-state index contributed by atoms with van der Waals surface area (Å²) in [6.45, 7) is 3.08. The Morgan fingerprint density at radius 3 is 2.52 bits per heavy atom. The molecule has 4 aromatic rings. The Labute approximate surface area is 180 Å². The van der Waals surface area contributed by atoms with Crippen LogP contribution in [0.15, 0.2) is 89.3 Å². The van der Waals surface area contributed by atoms with Crippen LogP contribution in [0.4, 0.5) is 0 Å². The van der Waals surface area contributed by atoms with E-state index in [1.165, 1.54) is 0 Å². The van der Waals surface area contributed by atoms with E-state index in [2.05, 4.69) is 22.1 Å². The van der Waals surface area contributed by atoms with Gasteiger partial charge in [-0.05, 0) is 43.3 Å². The second-order valence-electron chi connectivity index (χ2n) is 7.03. The van der Waals surface area contributed by atoms with Crippen LogP contribution < -0.4 is 10.6 Å². The molecule has 0 aliphatic rings. The van der Waals surface area contributed by atoms with Crippen molar-refractivity contribution in [2.75, 3.05) is 0 Å². The van der Waals surface area contributed by atoms with Gasteiger partial charge in [0.25, 0.3) is 11.8 Å². The van der Waals surface area contributed by atoms with Gasteiger partial charge in [-0.15, -0.1) is 0 Å². The minimum atomic E-state index is -0.394. The molecular formula is C25H23N3O3. The van der Waals surface area contributed by atoms with E-state index in [1.54, 1.807) is 48.7 Å². The Bertz CT molecular complexity index is 1220. The summed E-state index contributed by atoms with van der Waals surface area (Å²) in [5, 5.41) is 6.59. The molecule has 0 bridgehead atoms. The lowest BCUT2D eigenvalue weighted by Gasteiger charge is -2.10. The van der Waals surface area contributed by atoms with Crippen molar-refractivity contribution in [3.8, 4) is 0 Å². The predicted octanol–water partition coefficient (Wildman–Crippen LogP) is 4.34. The first-order valence-corrected chi connectivity index (χ1v) is 10.1. The standard InChI is InChI=1S/C25H23N3O3/c1-2-28-17-19(21-12-6-7-13-23(21)28)15-22(25(30)26-16-20-11-8-14-31-20)27-24(29)18-9-4-3-5-10-18/h3-15,17H,2,16H2,1H3,(H,26,30)(H,27,29). The Morgan fingerprint density at radius 1 is 1.00 bits per heavy atom. The molecule has 4 rings (SSSR count). The van der Waals surface area contributed by atoms with Crippen molar-refractivity contribution in [1.29, 1.82) is 0 Å². The molecule has 6 nitrogen and oxygen atoms in total. The summed E-state index contributed by atoms with van der Waals surface area (Å²) in [4.78, 5) is 25.7. The number of carbonyl (C=O) groups is 2. The van der Waals surface area contributed by atoms with Crippen LogP contribution in [0, 0.1) is 0 Å². The molecule has 0 atom stereocenters. The molecule has 31 heavy (non-hydrogen) atoms. The number of aromatic nitrogens is 1. The van der Waals surface area contributed by atoms with Crippen molar-refractivity contribution in [2.45, 2.75) is 20.0 Å². The average molecular weight is 413 g/mol. The maximum Gasteiger partial charge on any atom is 0.268 e. The number of nitrogens with zero attached hydrogens (tertiary/aromatic N) is 1. The first-order chi connectivity index (χ1) is 15.2. The second-order valence-corrected chi connectivity index (χ2v) is 7.03. The Hall–Kier alpha value is -4.06. The zero-order valence-corrected chi connectivity index (χ0v) is 17.2. The van der Waals surface area contributed by atoms with Crippen molar-refractivity contribution < 1.29 is 14.0 Å². The van der Waals surface area contributed by atoms with E-state index in [-0.39, 0.29) is 18.1 Å². The third-order valence-corrected chi connectivity index (χ3v) is 4.99. The van der Waals surface area contributed by atoms with Crippen LogP contribution in [-0.2, 0) is 17.9 Å². The van der Waals surface area contributed by atoms with Crippen molar-refractivity contribution >= 4 is 28.8 Å². The maximum atomic E-state index is 13.0. The minimum absolute atomic E-state index is 0.166. The molecular weight excluding hydrogens is 390 g/mol. The van der Waals surface area contributed by atoms with Gasteiger partial charge in [-0.25, -0.2) is 0 Å². The van der Waals surface area contributed by atoms with Gasteiger partial charge in [-0.3, -0.25) is 9.59 Å². The molecule has 156 valence electrons. The summed E-state index contributed by atoms with van der Waals surface area (Å²) in [6.07, 6.45) is 5.25. The van der Waals surface area contributed by atoms with Crippen molar-refractivity contribution in [2.24, 2.45) is 0 Å². The highest BCUT2D eigenvalue weighted by molar-refractivity contribution is 6.06. The first kappa shape index (κ1) is 20.2. The topological polar surface area (TPSA) is 76.3 Å². The fourth-order valence-corrected chi connectivity index (χ4v) is 3.43. The number of nitrogens with one attached hydrogen (secondary N) is 2. The van der Waals surface area contributed by atoms with Crippen molar-refractivity contribution in [3.05, 3.63) is 102 Å². The Balaban J connectivity index is 1.67. The summed E-state index contributed by atoms with van der Waals surface area (Å²) in [5.74, 6) is -0.113. The second kappa shape index (κ2) is 9.17. The number of carbonyl (C=O) groups excluding carboxylic acids is 2. The van der Waals surface area contributed by atoms with Gasteiger partial charge < -0.3 is 19.6 Å². The molecule has 0 fully saturated rings. The smallest absolute Gasteiger partial charge is 0.268 e. The number of fused-ring (bicyclic) bond motifs is 1. The lowest BCUT2D eigenvalue weighted by molar-refractivity contribution is -0.118. The van der Waals surface area contributed by atoms with E-state index < -0.39 is 5.91 Å². The number of hydrogen-bond acceptors (Lipinski definition) is 3. The molecule has 0 spiro atoms. The van der Waals surface area contributed by atoms with Gasteiger partial charge in [0.15, 0.2) is 0 Å². The Kier molecular flexibility index (Phi) is 5.98. The Morgan fingerprint density at radius 2 is 1.77 bits per heavy atom. The summed E-state index contributed by atoms with van der Waals surface area (Å²) in [6, 6.07) is 20.3. The minimum Gasteiger partial charge on any atom is -0.467 e. The van der Waals surface area contributed by atoms with Gasteiger partial charge in [0.05, 0.1) is 12.8 Å². The van der Waals surface area contributed by atoms with Crippen LogP contribution in [-0.4, -0.2) is 16.4 Å². The summed E-state index contributed by atoms with van der Waals surface area (Å²) < 4.78 is 7.39. The third kappa shape index (κ3) is 4.59. The molecule has 2 heterocycles. The van der Waals surface area contributed by atoms with E-state index in [4.69, 9.17) is 4.42 Å². The normalized spacial score (nSPS) is 11.5. The van der Waals surface area contributed by atoms with Gasteiger partial charge in [-0.1, -0.05) is 36.4 Å². The predicted molar refractivity (Wildman–Crippen MR) is 120 cm³/mol. The number of benzene rings is 2. The lowest BCUT2D eigenvalue weighted by atomic mass is 10.1. The van der Waals surface area contributed by atoms with Crippen LogP contribution in [0.3, 0.4) is 0 Å². The largest absolute Gasteiger partial charge is 0.467 e. The molecule has 0 aliphatic carbocycles. The quantitative estimate of drug-likeness (QED) is 0.443. The number of para-hydroxylation sites is 1. The monoisotopic (exact) mass is 413 g/mol. The van der Waals surface area contributed by atoms with Gasteiger partial charge in [-0.2, -0.15) is 0 Å². The SMILES string of the molecule is CCn1cc(C=C(NC(=O)c2ccccc2)C(=O)NCc2ccco2)c2ccccc21. The van der Waals surface area contributed by atoms with Gasteiger partial charge in [0, 0.05) is 34.8 Å². The van der Waals surface area contributed by atoms with Crippen LogP contribution >= 0.6 is 0 Å². The van der Waals surface area contributed by atoms with E-state index >= 15 is 0 Å². The molecule has 2 amide bonds. The van der Waals surface area contributed by atoms with Crippen molar-refractivity contribution in [1.82, 2.24) is 15.2 Å². The summed E-state index contributed by atoms with van der Waals surface area (Å²) in [5.41, 5.74) is 2.57. The molecule has 0 saturated heterocycles. The molecule has 6 heteroatoms. The average Bonchev–Trinajstić information content (AvgIpc) is 3.45. The fraction of sp³-hybridized carbons (Fsp3) is 0.120. The number of aryl methyl sites for hydroxylation is 1. The number of rotatable bonds is 7. The first-order valence-electron chi connectivity index (χ1n) is 10.1. The van der Waals surface area contributed by atoms with Crippen LogP contribution in [0.2, 0.25) is 0 Å². The van der Waals surface area contributed by atoms with Gasteiger partial charge in [0.1, 0.15) is 11.5 Å². The van der Waals surface area contributed by atoms with Gasteiger partial charge in [0.2, 0.25) is 0 Å². The molecule has 2 aromatic heterocycles. The van der Waals surface area contributed by atoms with E-state index in [9.17, 15) is 9.59 Å². The molecule has 0 radical (unpaired) electrons. The maximum absolute atomic E-state index is 13.0. The molecule has 0 aliphatic heterocycles.